The topological polar surface area (TPSA) is 39.3 Å². The molecule has 2 heterocycles. The molecular formula is C15H18ClN3O. The van der Waals surface area contributed by atoms with Crippen LogP contribution in [0.1, 0.15) is 36.5 Å². The molecule has 0 unspecified atom stereocenters. The van der Waals surface area contributed by atoms with E-state index in [0.29, 0.717) is 5.69 Å². The number of hydrogen-bond acceptors (Lipinski definition) is 2. The van der Waals surface area contributed by atoms with Gasteiger partial charge in [0.1, 0.15) is 5.69 Å². The van der Waals surface area contributed by atoms with Gasteiger partial charge in [-0.15, -0.1) is 12.4 Å². The van der Waals surface area contributed by atoms with Crippen molar-refractivity contribution in [2.75, 3.05) is 0 Å². The monoisotopic (exact) mass is 291 g/mol. The van der Waals surface area contributed by atoms with Gasteiger partial charge < -0.3 is 4.57 Å². The van der Waals surface area contributed by atoms with Crippen LogP contribution in [0, 0.1) is 6.92 Å². The predicted molar refractivity (Wildman–Crippen MR) is 83.0 cm³/mol. The summed E-state index contributed by atoms with van der Waals surface area (Å²) in [4.78, 5) is 16.5. The van der Waals surface area contributed by atoms with Crippen molar-refractivity contribution in [2.24, 2.45) is 0 Å². The first kappa shape index (κ1) is 14.6. The Labute approximate surface area is 123 Å². The van der Waals surface area contributed by atoms with E-state index in [1.54, 1.807) is 6.92 Å². The fraction of sp³-hybridized carbons (Fsp3) is 0.333. The number of benzene rings is 1. The van der Waals surface area contributed by atoms with Crippen LogP contribution in [0.2, 0.25) is 0 Å². The van der Waals surface area contributed by atoms with Crippen LogP contribution in [0.4, 0.5) is 0 Å². The Kier molecular flexibility index (Phi) is 3.86. The number of fused-ring (bicyclic) bond motifs is 3. The molecule has 3 rings (SSSR count). The number of aryl methyl sites for hydroxylation is 2. The summed E-state index contributed by atoms with van der Waals surface area (Å²) in [7, 11) is 0. The molecule has 0 aliphatic rings. The summed E-state index contributed by atoms with van der Waals surface area (Å²) in [6.45, 7) is 6.55. The largest absolute Gasteiger partial charge is 0.310 e. The summed E-state index contributed by atoms with van der Waals surface area (Å²) < 4.78 is 4.18. The van der Waals surface area contributed by atoms with E-state index in [1.807, 2.05) is 29.5 Å². The summed E-state index contributed by atoms with van der Waals surface area (Å²) in [5.74, 6) is 0.926. The van der Waals surface area contributed by atoms with Gasteiger partial charge in [-0.3, -0.25) is 9.20 Å². The van der Waals surface area contributed by atoms with E-state index >= 15 is 0 Å². The Morgan fingerprint density at radius 3 is 2.50 bits per heavy atom. The lowest BCUT2D eigenvalue weighted by Crippen LogP contribution is -1.99. The second-order valence-corrected chi connectivity index (χ2v) is 4.88. The number of para-hydroxylation sites is 2. The SMILES string of the molecule is CCCn1c2ccccc2n2c(C(C)=O)c(C)nc12.Cl. The standard InChI is InChI=1S/C15H17N3O.ClH/c1-4-9-17-12-7-5-6-8-13(12)18-14(11(3)19)10(2)16-15(17)18;/h5-8H,4,9H2,1-3H3;1H. The number of Topliss-reactive ketones (excluding diaryl/α,β-unsaturated/α-hetero) is 1. The molecule has 0 bridgehead atoms. The Bertz CT molecular complexity index is 785. The maximum Gasteiger partial charge on any atom is 0.215 e. The van der Waals surface area contributed by atoms with Crippen molar-refractivity contribution in [2.45, 2.75) is 33.7 Å². The van der Waals surface area contributed by atoms with E-state index in [4.69, 9.17) is 0 Å². The van der Waals surface area contributed by atoms with Crippen LogP contribution in [0.25, 0.3) is 16.8 Å². The van der Waals surface area contributed by atoms with Crippen molar-refractivity contribution in [1.29, 1.82) is 0 Å². The molecule has 5 heteroatoms. The average molecular weight is 292 g/mol. The highest BCUT2D eigenvalue weighted by Gasteiger charge is 2.19. The van der Waals surface area contributed by atoms with Gasteiger partial charge in [0.25, 0.3) is 0 Å². The van der Waals surface area contributed by atoms with Crippen LogP contribution in [0.15, 0.2) is 24.3 Å². The van der Waals surface area contributed by atoms with Crippen molar-refractivity contribution in [3.8, 4) is 0 Å². The van der Waals surface area contributed by atoms with Crippen LogP contribution < -0.4 is 0 Å². The molecule has 0 spiro atoms. The normalized spacial score (nSPS) is 10.9. The van der Waals surface area contributed by atoms with Crippen LogP contribution in [0.3, 0.4) is 0 Å². The molecule has 20 heavy (non-hydrogen) atoms. The molecule has 0 fully saturated rings. The maximum absolute atomic E-state index is 11.9. The summed E-state index contributed by atoms with van der Waals surface area (Å²) in [6, 6.07) is 8.15. The summed E-state index contributed by atoms with van der Waals surface area (Å²) in [5, 5.41) is 0. The first-order valence-corrected chi connectivity index (χ1v) is 6.62. The molecule has 3 aromatic rings. The lowest BCUT2D eigenvalue weighted by Gasteiger charge is -2.01. The van der Waals surface area contributed by atoms with E-state index in [-0.39, 0.29) is 18.2 Å². The number of halogens is 1. The summed E-state index contributed by atoms with van der Waals surface area (Å²) in [5.41, 5.74) is 3.69. The van der Waals surface area contributed by atoms with Crippen LogP contribution >= 0.6 is 12.4 Å². The number of rotatable bonds is 3. The average Bonchev–Trinajstić information content (AvgIpc) is 2.85. The number of hydrogen-bond donors (Lipinski definition) is 0. The predicted octanol–water partition coefficient (Wildman–Crippen LogP) is 3.63. The number of aromatic nitrogens is 3. The second kappa shape index (κ2) is 5.29. The number of carbonyl (C=O) groups excluding carboxylic acids is 1. The molecule has 0 aliphatic heterocycles. The summed E-state index contributed by atoms with van der Waals surface area (Å²) in [6.07, 6.45) is 1.04. The molecule has 106 valence electrons. The molecule has 2 aromatic heterocycles. The van der Waals surface area contributed by atoms with E-state index in [9.17, 15) is 4.79 Å². The van der Waals surface area contributed by atoms with Crippen molar-refractivity contribution in [3.63, 3.8) is 0 Å². The molecule has 0 N–H and O–H groups in total. The Balaban J connectivity index is 0.00000147. The Morgan fingerprint density at radius 2 is 1.90 bits per heavy atom. The lowest BCUT2D eigenvalue weighted by molar-refractivity contribution is 0.101. The number of ketones is 1. The quantitative estimate of drug-likeness (QED) is 0.691. The van der Waals surface area contributed by atoms with Gasteiger partial charge >= 0.3 is 0 Å². The number of imidazole rings is 2. The highest BCUT2D eigenvalue weighted by Crippen LogP contribution is 2.24. The van der Waals surface area contributed by atoms with Gasteiger partial charge in [0.2, 0.25) is 5.78 Å². The second-order valence-electron chi connectivity index (χ2n) is 4.88. The Morgan fingerprint density at radius 1 is 1.25 bits per heavy atom. The van der Waals surface area contributed by atoms with Crippen LogP contribution in [-0.4, -0.2) is 19.7 Å². The molecule has 0 saturated heterocycles. The van der Waals surface area contributed by atoms with E-state index in [2.05, 4.69) is 22.5 Å². The van der Waals surface area contributed by atoms with Gasteiger partial charge in [-0.1, -0.05) is 19.1 Å². The molecule has 0 radical (unpaired) electrons. The van der Waals surface area contributed by atoms with Gasteiger partial charge in [0.05, 0.1) is 16.7 Å². The fourth-order valence-electron chi connectivity index (χ4n) is 2.77. The van der Waals surface area contributed by atoms with Gasteiger partial charge in [-0.2, -0.15) is 0 Å². The smallest absolute Gasteiger partial charge is 0.215 e. The molecular weight excluding hydrogens is 274 g/mol. The number of carbonyl (C=O) groups is 1. The molecule has 0 amide bonds. The van der Waals surface area contributed by atoms with E-state index in [0.717, 1.165) is 35.5 Å². The highest BCUT2D eigenvalue weighted by molar-refractivity contribution is 5.97. The minimum Gasteiger partial charge on any atom is -0.310 e. The zero-order valence-corrected chi connectivity index (χ0v) is 12.7. The van der Waals surface area contributed by atoms with Crippen LogP contribution in [0.5, 0.6) is 0 Å². The van der Waals surface area contributed by atoms with Gasteiger partial charge in [-0.05, 0) is 25.5 Å². The minimum absolute atomic E-state index is 0. The third-order valence-corrected chi connectivity index (χ3v) is 3.47. The van der Waals surface area contributed by atoms with Crippen molar-refractivity contribution < 1.29 is 4.79 Å². The van der Waals surface area contributed by atoms with E-state index < -0.39 is 0 Å². The molecule has 0 atom stereocenters. The first-order chi connectivity index (χ1) is 9.15. The lowest BCUT2D eigenvalue weighted by atomic mass is 10.2. The van der Waals surface area contributed by atoms with Crippen molar-refractivity contribution in [3.05, 3.63) is 35.7 Å². The minimum atomic E-state index is 0. The molecule has 4 nitrogen and oxygen atoms in total. The number of nitrogens with zero attached hydrogens (tertiary/aromatic N) is 3. The van der Waals surface area contributed by atoms with Crippen molar-refractivity contribution in [1.82, 2.24) is 14.0 Å². The van der Waals surface area contributed by atoms with Gasteiger partial charge in [0, 0.05) is 13.5 Å². The zero-order valence-electron chi connectivity index (χ0n) is 11.9. The first-order valence-electron chi connectivity index (χ1n) is 6.62. The third kappa shape index (κ3) is 1.91. The Hall–Kier alpha value is -1.81. The third-order valence-electron chi connectivity index (χ3n) is 3.47. The molecule has 0 saturated carbocycles. The van der Waals surface area contributed by atoms with Crippen LogP contribution in [-0.2, 0) is 6.54 Å². The van der Waals surface area contributed by atoms with E-state index in [1.165, 1.54) is 0 Å². The zero-order chi connectivity index (χ0) is 13.6. The molecule has 1 aromatic carbocycles. The summed E-state index contributed by atoms with van der Waals surface area (Å²) >= 11 is 0. The molecule has 0 aliphatic carbocycles. The van der Waals surface area contributed by atoms with Crippen molar-refractivity contribution >= 4 is 35.0 Å². The maximum atomic E-state index is 11.9. The van der Waals surface area contributed by atoms with Gasteiger partial charge in [-0.25, -0.2) is 4.98 Å². The fourth-order valence-corrected chi connectivity index (χ4v) is 2.77. The highest BCUT2D eigenvalue weighted by atomic mass is 35.5. The van der Waals surface area contributed by atoms with Gasteiger partial charge in [0.15, 0.2) is 5.78 Å².